The number of aliphatic hydroxyl groups excluding tert-OH is 1. The normalized spacial score (nSPS) is 12.5. The summed E-state index contributed by atoms with van der Waals surface area (Å²) >= 11 is 0. The van der Waals surface area contributed by atoms with Gasteiger partial charge in [0.15, 0.2) is 0 Å². The van der Waals surface area contributed by atoms with Crippen molar-refractivity contribution in [3.63, 3.8) is 0 Å². The average molecular weight is 290 g/mol. The maximum atomic E-state index is 11.9. The largest absolute Gasteiger partial charge is 0.391 e. The first-order valence-electron chi connectivity index (χ1n) is 7.10. The van der Waals surface area contributed by atoms with Crippen LogP contribution in [0.15, 0.2) is 24.4 Å². The van der Waals surface area contributed by atoms with Crippen LogP contribution in [0.1, 0.15) is 17.5 Å². The van der Waals surface area contributed by atoms with Gasteiger partial charge in [0.2, 0.25) is 5.91 Å². The van der Waals surface area contributed by atoms with Crippen molar-refractivity contribution in [1.82, 2.24) is 10.3 Å². The molecule has 2 rings (SSSR count). The lowest BCUT2D eigenvalue weighted by Gasteiger charge is -2.10. The number of benzene rings is 1. The van der Waals surface area contributed by atoms with Crippen LogP contribution in [0.5, 0.6) is 0 Å². The Bertz CT molecular complexity index is 607. The zero-order valence-corrected chi connectivity index (χ0v) is 12.5. The molecule has 21 heavy (non-hydrogen) atoms. The van der Waals surface area contributed by atoms with E-state index in [1.807, 2.05) is 25.3 Å². The van der Waals surface area contributed by atoms with Crippen LogP contribution in [0.2, 0.25) is 0 Å². The van der Waals surface area contributed by atoms with E-state index in [4.69, 9.17) is 4.74 Å². The average Bonchev–Trinajstić information content (AvgIpc) is 2.81. The van der Waals surface area contributed by atoms with Gasteiger partial charge >= 0.3 is 0 Å². The highest BCUT2D eigenvalue weighted by Crippen LogP contribution is 2.19. The summed E-state index contributed by atoms with van der Waals surface area (Å²) in [4.78, 5) is 15.1. The van der Waals surface area contributed by atoms with Crippen molar-refractivity contribution < 1.29 is 14.6 Å². The van der Waals surface area contributed by atoms with E-state index < -0.39 is 6.10 Å². The third-order valence-corrected chi connectivity index (χ3v) is 3.43. The minimum atomic E-state index is -0.536. The van der Waals surface area contributed by atoms with Gasteiger partial charge in [-0.2, -0.15) is 0 Å². The Balaban J connectivity index is 1.87. The maximum Gasteiger partial charge on any atom is 0.224 e. The third kappa shape index (κ3) is 4.31. The Kier molecular flexibility index (Phi) is 5.36. The van der Waals surface area contributed by atoms with E-state index in [1.165, 1.54) is 5.56 Å². The van der Waals surface area contributed by atoms with Crippen LogP contribution in [0.4, 0.5) is 0 Å². The smallest absolute Gasteiger partial charge is 0.224 e. The van der Waals surface area contributed by atoms with Crippen molar-refractivity contribution in [2.75, 3.05) is 20.3 Å². The molecule has 1 aromatic heterocycles. The van der Waals surface area contributed by atoms with Crippen LogP contribution >= 0.6 is 0 Å². The number of fused-ring (bicyclic) bond motifs is 1. The molecular formula is C16H22N2O3. The highest BCUT2D eigenvalue weighted by molar-refractivity contribution is 5.89. The molecule has 0 saturated carbocycles. The summed E-state index contributed by atoms with van der Waals surface area (Å²) in [6.07, 6.45) is 2.17. The first kappa shape index (κ1) is 15.5. The molecule has 0 bridgehead atoms. The number of rotatable bonds is 7. The number of nitrogens with one attached hydrogen (secondary N) is 2. The molecular weight excluding hydrogens is 268 g/mol. The topological polar surface area (TPSA) is 74.3 Å². The molecule has 0 aliphatic carbocycles. The monoisotopic (exact) mass is 290 g/mol. The number of carbonyl (C=O) groups excluding carboxylic acids is 1. The van der Waals surface area contributed by atoms with Crippen molar-refractivity contribution in [3.05, 3.63) is 35.5 Å². The molecule has 2 aromatic rings. The van der Waals surface area contributed by atoms with E-state index in [2.05, 4.69) is 16.4 Å². The molecule has 0 radical (unpaired) electrons. The van der Waals surface area contributed by atoms with Crippen molar-refractivity contribution in [2.24, 2.45) is 0 Å². The van der Waals surface area contributed by atoms with E-state index in [1.54, 1.807) is 7.11 Å². The summed E-state index contributed by atoms with van der Waals surface area (Å²) in [6, 6.07) is 6.14. The van der Waals surface area contributed by atoms with Gasteiger partial charge in [0.25, 0.3) is 0 Å². The standard InChI is InChI=1S/C16H22N2O3/c1-11-3-4-14-12(9-18-15(14)7-11)8-16(20)17-6-5-13(19)10-21-2/h3-4,7,9,13,18-19H,5-6,8,10H2,1-2H3,(H,17,20). The van der Waals surface area contributed by atoms with Gasteiger partial charge in [-0.05, 0) is 30.5 Å². The Labute approximate surface area is 124 Å². The van der Waals surface area contributed by atoms with Crippen molar-refractivity contribution >= 4 is 16.8 Å². The predicted octanol–water partition coefficient (Wildman–Crippen LogP) is 1.53. The van der Waals surface area contributed by atoms with Crippen molar-refractivity contribution in [1.29, 1.82) is 0 Å². The minimum absolute atomic E-state index is 0.0407. The fourth-order valence-electron chi connectivity index (χ4n) is 2.34. The molecule has 0 fully saturated rings. The fraction of sp³-hybridized carbons (Fsp3) is 0.438. The number of aromatic nitrogens is 1. The second-order valence-corrected chi connectivity index (χ2v) is 5.29. The molecule has 1 aromatic carbocycles. The first-order valence-corrected chi connectivity index (χ1v) is 7.10. The van der Waals surface area contributed by atoms with Gasteiger partial charge < -0.3 is 20.1 Å². The first-order chi connectivity index (χ1) is 10.1. The molecule has 0 saturated heterocycles. The van der Waals surface area contributed by atoms with E-state index in [-0.39, 0.29) is 12.5 Å². The number of aliphatic hydroxyl groups is 1. The lowest BCUT2D eigenvalue weighted by atomic mass is 10.1. The van der Waals surface area contributed by atoms with Crippen LogP contribution in [0.25, 0.3) is 10.9 Å². The Morgan fingerprint density at radius 3 is 3.05 bits per heavy atom. The van der Waals surface area contributed by atoms with Gasteiger partial charge in [0.05, 0.1) is 19.1 Å². The maximum absolute atomic E-state index is 11.9. The van der Waals surface area contributed by atoms with E-state index >= 15 is 0 Å². The highest BCUT2D eigenvalue weighted by Gasteiger charge is 2.09. The predicted molar refractivity (Wildman–Crippen MR) is 82.2 cm³/mol. The van der Waals surface area contributed by atoms with Gasteiger partial charge in [0.1, 0.15) is 0 Å². The molecule has 0 aliphatic heterocycles. The SMILES string of the molecule is COCC(O)CCNC(=O)Cc1c[nH]c2cc(C)ccc12. The number of aromatic amines is 1. The van der Waals surface area contributed by atoms with Crippen LogP contribution in [-0.2, 0) is 16.0 Å². The molecule has 1 atom stereocenters. The molecule has 0 aliphatic rings. The molecule has 1 amide bonds. The van der Waals surface area contributed by atoms with Gasteiger partial charge in [-0.3, -0.25) is 4.79 Å². The summed E-state index contributed by atoms with van der Waals surface area (Å²) in [5.41, 5.74) is 3.22. The highest BCUT2D eigenvalue weighted by atomic mass is 16.5. The molecule has 5 heteroatoms. The number of ether oxygens (including phenoxy) is 1. The molecule has 1 heterocycles. The molecule has 0 spiro atoms. The Morgan fingerprint density at radius 2 is 2.29 bits per heavy atom. The lowest BCUT2D eigenvalue weighted by Crippen LogP contribution is -2.29. The quantitative estimate of drug-likeness (QED) is 0.724. The summed E-state index contributed by atoms with van der Waals surface area (Å²) < 4.78 is 4.84. The summed E-state index contributed by atoms with van der Waals surface area (Å²) in [5.74, 6) is -0.0407. The number of amides is 1. The van der Waals surface area contributed by atoms with E-state index in [9.17, 15) is 9.90 Å². The minimum Gasteiger partial charge on any atom is -0.391 e. The summed E-state index contributed by atoms with van der Waals surface area (Å²) in [7, 11) is 1.54. The number of hydrogen-bond donors (Lipinski definition) is 3. The molecule has 114 valence electrons. The van der Waals surface area contributed by atoms with Gasteiger partial charge in [-0.1, -0.05) is 12.1 Å². The number of hydrogen-bond acceptors (Lipinski definition) is 3. The second kappa shape index (κ2) is 7.24. The van der Waals surface area contributed by atoms with Crippen LogP contribution in [-0.4, -0.2) is 42.4 Å². The zero-order chi connectivity index (χ0) is 15.2. The summed E-state index contributed by atoms with van der Waals surface area (Å²) in [5, 5.41) is 13.4. The van der Waals surface area contributed by atoms with E-state index in [0.717, 1.165) is 16.5 Å². The number of carbonyl (C=O) groups is 1. The number of H-pyrrole nitrogens is 1. The number of aryl methyl sites for hydroxylation is 1. The van der Waals surface area contributed by atoms with Crippen LogP contribution < -0.4 is 5.32 Å². The van der Waals surface area contributed by atoms with Gasteiger partial charge in [0, 0.05) is 30.8 Å². The zero-order valence-electron chi connectivity index (χ0n) is 12.5. The van der Waals surface area contributed by atoms with E-state index in [0.29, 0.717) is 19.4 Å². The second-order valence-electron chi connectivity index (χ2n) is 5.29. The molecule has 3 N–H and O–H groups in total. The molecule has 5 nitrogen and oxygen atoms in total. The number of methoxy groups -OCH3 is 1. The van der Waals surface area contributed by atoms with Gasteiger partial charge in [-0.25, -0.2) is 0 Å². The third-order valence-electron chi connectivity index (χ3n) is 3.43. The van der Waals surface area contributed by atoms with Crippen LogP contribution in [0.3, 0.4) is 0 Å². The lowest BCUT2D eigenvalue weighted by molar-refractivity contribution is -0.120. The fourth-order valence-corrected chi connectivity index (χ4v) is 2.34. The van der Waals surface area contributed by atoms with Gasteiger partial charge in [-0.15, -0.1) is 0 Å². The molecule has 1 unspecified atom stereocenters. The summed E-state index contributed by atoms with van der Waals surface area (Å²) in [6.45, 7) is 2.78. The van der Waals surface area contributed by atoms with Crippen LogP contribution in [0, 0.1) is 6.92 Å². The van der Waals surface area contributed by atoms with Crippen molar-refractivity contribution in [2.45, 2.75) is 25.9 Å². The van der Waals surface area contributed by atoms with Crippen molar-refractivity contribution in [3.8, 4) is 0 Å². The Morgan fingerprint density at radius 1 is 1.48 bits per heavy atom. The Hall–Kier alpha value is -1.85.